The van der Waals surface area contributed by atoms with Crippen LogP contribution in [0.25, 0.3) is 0 Å². The molecule has 1 unspecified atom stereocenters. The number of nitrogens with zero attached hydrogens (tertiary/aromatic N) is 1. The minimum absolute atomic E-state index is 0.0315. The number of carbonyl (C=O) groups is 1. The molecule has 0 aliphatic carbocycles. The molecule has 0 saturated heterocycles. The summed E-state index contributed by atoms with van der Waals surface area (Å²) in [5.41, 5.74) is -0.0672. The van der Waals surface area contributed by atoms with E-state index in [9.17, 15) is 14.9 Å². The molecule has 0 aromatic heterocycles. The largest absolute Gasteiger partial charge is 0.480 e. The van der Waals surface area contributed by atoms with Gasteiger partial charge in [-0.05, 0) is 18.7 Å². The van der Waals surface area contributed by atoms with Crippen molar-refractivity contribution in [3.8, 4) is 11.5 Å². The molecule has 8 heteroatoms. The number of ether oxygens (including phenoxy) is 2. The number of nitro benzene ring substituents is 1. The fourth-order valence-electron chi connectivity index (χ4n) is 1.75. The number of hydrogen-bond acceptors (Lipinski definition) is 6. The van der Waals surface area contributed by atoms with Crippen molar-refractivity contribution in [3.63, 3.8) is 0 Å². The van der Waals surface area contributed by atoms with Crippen molar-refractivity contribution in [2.24, 2.45) is 0 Å². The number of fused-ring (bicyclic) bond motifs is 1. The Morgan fingerprint density at radius 3 is 2.83 bits per heavy atom. The molecule has 0 amide bonds. The molecule has 0 bridgehead atoms. The van der Waals surface area contributed by atoms with Crippen LogP contribution in [0.1, 0.15) is 11.6 Å². The number of benzene rings is 1. The first-order valence-corrected chi connectivity index (χ1v) is 5.02. The monoisotopic (exact) mass is 254 g/mol. The second-order valence-corrected chi connectivity index (χ2v) is 3.59. The van der Waals surface area contributed by atoms with E-state index in [4.69, 9.17) is 14.6 Å². The van der Waals surface area contributed by atoms with Gasteiger partial charge in [-0.25, -0.2) is 0 Å². The third-order valence-electron chi connectivity index (χ3n) is 2.54. The molecule has 1 atom stereocenters. The van der Waals surface area contributed by atoms with Gasteiger partial charge in [0.25, 0.3) is 0 Å². The number of rotatable bonds is 4. The maximum atomic E-state index is 11.0. The van der Waals surface area contributed by atoms with Gasteiger partial charge in [-0.2, -0.15) is 0 Å². The van der Waals surface area contributed by atoms with Gasteiger partial charge in [-0.3, -0.25) is 14.9 Å². The molecule has 1 aliphatic rings. The van der Waals surface area contributed by atoms with Gasteiger partial charge in [0.05, 0.1) is 4.92 Å². The zero-order chi connectivity index (χ0) is 13.3. The summed E-state index contributed by atoms with van der Waals surface area (Å²) in [4.78, 5) is 21.3. The van der Waals surface area contributed by atoms with Gasteiger partial charge in [0.2, 0.25) is 12.5 Å². The number of hydrogen-bond donors (Lipinski definition) is 2. The van der Waals surface area contributed by atoms with E-state index in [1.54, 1.807) is 0 Å². The Hall–Kier alpha value is -2.35. The van der Waals surface area contributed by atoms with Crippen molar-refractivity contribution >= 4 is 11.7 Å². The molecule has 0 saturated carbocycles. The second-order valence-electron chi connectivity index (χ2n) is 3.59. The topological polar surface area (TPSA) is 111 Å². The van der Waals surface area contributed by atoms with Crippen LogP contribution < -0.4 is 14.8 Å². The molecule has 1 aromatic rings. The summed E-state index contributed by atoms with van der Waals surface area (Å²) < 4.78 is 10.0. The van der Waals surface area contributed by atoms with Crippen molar-refractivity contribution in [1.29, 1.82) is 0 Å². The van der Waals surface area contributed by atoms with Gasteiger partial charge in [-0.1, -0.05) is 0 Å². The maximum absolute atomic E-state index is 11.0. The number of nitrogens with one attached hydrogen (secondary N) is 1. The van der Waals surface area contributed by atoms with Gasteiger partial charge in [-0.15, -0.1) is 0 Å². The molecular formula is C10H10N2O6. The molecule has 0 radical (unpaired) electrons. The molecule has 96 valence electrons. The normalized spacial score (nSPS) is 14.3. The van der Waals surface area contributed by atoms with Crippen LogP contribution in [0.4, 0.5) is 5.69 Å². The summed E-state index contributed by atoms with van der Waals surface area (Å²) in [6.45, 7) is -0.114. The Balaban J connectivity index is 2.54. The summed E-state index contributed by atoms with van der Waals surface area (Å²) >= 11 is 0. The minimum atomic E-state index is -1.13. The number of nitro groups is 1. The third-order valence-corrected chi connectivity index (χ3v) is 2.54. The lowest BCUT2D eigenvalue weighted by Crippen LogP contribution is -2.24. The van der Waals surface area contributed by atoms with Crippen LogP contribution in [0, 0.1) is 10.1 Å². The summed E-state index contributed by atoms with van der Waals surface area (Å²) in [6.07, 6.45) is 0. The summed E-state index contributed by atoms with van der Waals surface area (Å²) in [5, 5.41) is 22.5. The van der Waals surface area contributed by atoms with Gasteiger partial charge in [0.15, 0.2) is 5.75 Å². The molecule has 0 fully saturated rings. The van der Waals surface area contributed by atoms with E-state index in [1.165, 1.54) is 19.2 Å². The standard InChI is InChI=1S/C10H10N2O6/c1-11-8(10(13)14)5-2-6(12(15)16)9-7(3-5)17-4-18-9/h2-3,8,11H,4H2,1H3,(H,13,14). The number of carboxylic acids is 1. The average Bonchev–Trinajstić information content (AvgIpc) is 2.76. The summed E-state index contributed by atoms with van der Waals surface area (Å²) in [7, 11) is 1.45. The van der Waals surface area contributed by atoms with E-state index in [0.29, 0.717) is 0 Å². The van der Waals surface area contributed by atoms with E-state index in [-0.39, 0.29) is 29.5 Å². The summed E-state index contributed by atoms with van der Waals surface area (Å²) in [6, 6.07) is 1.55. The molecule has 2 N–H and O–H groups in total. The molecule has 8 nitrogen and oxygen atoms in total. The molecule has 1 aromatic carbocycles. The lowest BCUT2D eigenvalue weighted by atomic mass is 10.1. The molecule has 18 heavy (non-hydrogen) atoms. The molecular weight excluding hydrogens is 244 g/mol. The fourth-order valence-corrected chi connectivity index (χ4v) is 1.75. The molecule has 1 heterocycles. The fraction of sp³-hybridized carbons (Fsp3) is 0.300. The van der Waals surface area contributed by atoms with Gasteiger partial charge < -0.3 is 19.9 Å². The van der Waals surface area contributed by atoms with Gasteiger partial charge in [0.1, 0.15) is 6.04 Å². The number of aliphatic carboxylic acids is 1. The zero-order valence-electron chi connectivity index (χ0n) is 9.37. The lowest BCUT2D eigenvalue weighted by molar-refractivity contribution is -0.385. The van der Waals surface area contributed by atoms with Crippen LogP contribution in [-0.4, -0.2) is 29.8 Å². The van der Waals surface area contributed by atoms with Crippen LogP contribution in [-0.2, 0) is 4.79 Å². The van der Waals surface area contributed by atoms with Crippen LogP contribution >= 0.6 is 0 Å². The Morgan fingerprint density at radius 2 is 2.28 bits per heavy atom. The first kappa shape index (κ1) is 12.1. The zero-order valence-corrected chi connectivity index (χ0v) is 9.37. The Bertz CT molecular complexity index is 515. The molecule has 1 aliphatic heterocycles. The van der Waals surface area contributed by atoms with Crippen molar-refractivity contribution in [3.05, 3.63) is 27.8 Å². The van der Waals surface area contributed by atoms with Crippen LogP contribution in [0.3, 0.4) is 0 Å². The van der Waals surface area contributed by atoms with Crippen LogP contribution in [0.2, 0.25) is 0 Å². The lowest BCUT2D eigenvalue weighted by Gasteiger charge is -2.12. The van der Waals surface area contributed by atoms with E-state index in [2.05, 4.69) is 5.32 Å². The highest BCUT2D eigenvalue weighted by Gasteiger charge is 2.30. The van der Waals surface area contributed by atoms with Crippen molar-refractivity contribution in [2.45, 2.75) is 6.04 Å². The van der Waals surface area contributed by atoms with Gasteiger partial charge >= 0.3 is 11.7 Å². The highest BCUT2D eigenvalue weighted by Crippen LogP contribution is 2.42. The van der Waals surface area contributed by atoms with E-state index in [1.807, 2.05) is 0 Å². The molecule has 2 rings (SSSR count). The van der Waals surface area contributed by atoms with E-state index in [0.717, 1.165) is 0 Å². The third kappa shape index (κ3) is 1.93. The SMILES string of the molecule is CNC(C(=O)O)c1cc2c(c([N+](=O)[O-])c1)OCO2. The highest BCUT2D eigenvalue weighted by atomic mass is 16.7. The van der Waals surface area contributed by atoms with Crippen LogP contribution in [0.15, 0.2) is 12.1 Å². The predicted molar refractivity (Wildman–Crippen MR) is 58.7 cm³/mol. The van der Waals surface area contributed by atoms with Crippen molar-refractivity contribution in [1.82, 2.24) is 5.32 Å². The summed E-state index contributed by atoms with van der Waals surface area (Å²) in [5.74, 6) is -0.921. The van der Waals surface area contributed by atoms with Gasteiger partial charge in [0, 0.05) is 6.07 Å². The maximum Gasteiger partial charge on any atom is 0.325 e. The van der Waals surface area contributed by atoms with E-state index < -0.39 is 16.9 Å². The second kappa shape index (κ2) is 4.49. The Morgan fingerprint density at radius 1 is 1.56 bits per heavy atom. The van der Waals surface area contributed by atoms with E-state index >= 15 is 0 Å². The van der Waals surface area contributed by atoms with Crippen LogP contribution in [0.5, 0.6) is 11.5 Å². The Labute approximate surface area is 101 Å². The van der Waals surface area contributed by atoms with Crippen molar-refractivity contribution in [2.75, 3.05) is 13.8 Å². The average molecular weight is 254 g/mol. The molecule has 0 spiro atoms. The smallest absolute Gasteiger partial charge is 0.325 e. The highest BCUT2D eigenvalue weighted by molar-refractivity contribution is 5.77. The quantitative estimate of drug-likeness (QED) is 0.599. The number of carboxylic acid groups (broad SMARTS) is 1. The van der Waals surface area contributed by atoms with Crippen molar-refractivity contribution < 1.29 is 24.3 Å². The Kier molecular flexibility index (Phi) is 3.02. The predicted octanol–water partition coefficient (Wildman–Crippen LogP) is 0.669. The number of likely N-dealkylation sites (N-methyl/N-ethyl adjacent to an activating group) is 1. The first-order valence-electron chi connectivity index (χ1n) is 5.02. The first-order chi connectivity index (χ1) is 8.54. The minimum Gasteiger partial charge on any atom is -0.480 e.